The molecule has 1 aromatic heterocycles. The highest BCUT2D eigenvalue weighted by molar-refractivity contribution is 9.10. The first-order chi connectivity index (χ1) is 9.47. The zero-order valence-electron chi connectivity index (χ0n) is 9.87. The van der Waals surface area contributed by atoms with Gasteiger partial charge in [-0.05, 0) is 30.3 Å². The Bertz CT molecular complexity index is 807. The lowest BCUT2D eigenvalue weighted by Gasteiger charge is -2.09. The fourth-order valence-corrected chi connectivity index (χ4v) is 2.80. The highest BCUT2D eigenvalue weighted by Crippen LogP contribution is 2.30. The number of nitrogens with two attached hydrogens (primary N) is 1. The summed E-state index contributed by atoms with van der Waals surface area (Å²) in [6.07, 6.45) is 0. The van der Waals surface area contributed by atoms with Crippen LogP contribution in [-0.2, 0) is 0 Å². The van der Waals surface area contributed by atoms with Crippen LogP contribution in [0.5, 0.6) is 0 Å². The third-order valence-electron chi connectivity index (χ3n) is 2.85. The van der Waals surface area contributed by atoms with Gasteiger partial charge in [0.05, 0.1) is 11.0 Å². The van der Waals surface area contributed by atoms with Crippen molar-refractivity contribution in [3.05, 3.63) is 50.9 Å². The lowest BCUT2D eigenvalue weighted by molar-refractivity contribution is 0.570. The molecule has 0 fully saturated rings. The van der Waals surface area contributed by atoms with E-state index in [-0.39, 0.29) is 11.6 Å². The molecule has 3 aromatic rings. The summed E-state index contributed by atoms with van der Waals surface area (Å²) < 4.78 is 30.5. The van der Waals surface area contributed by atoms with Gasteiger partial charge in [0.15, 0.2) is 11.6 Å². The highest BCUT2D eigenvalue weighted by Gasteiger charge is 2.18. The van der Waals surface area contributed by atoms with Crippen molar-refractivity contribution >= 4 is 48.8 Å². The Kier molecular flexibility index (Phi) is 3.25. The second kappa shape index (κ2) is 4.82. The van der Waals surface area contributed by atoms with Gasteiger partial charge in [-0.15, -0.1) is 0 Å². The predicted molar refractivity (Wildman–Crippen MR) is 80.8 cm³/mol. The molecular weight excluding hydrogens is 396 g/mol. The first kappa shape index (κ1) is 13.5. The van der Waals surface area contributed by atoms with Gasteiger partial charge in [-0.1, -0.05) is 31.9 Å². The molecule has 0 aliphatic heterocycles. The lowest BCUT2D eigenvalue weighted by Crippen LogP contribution is -2.05. The van der Waals surface area contributed by atoms with Crippen LogP contribution >= 0.6 is 31.9 Å². The molecule has 20 heavy (non-hydrogen) atoms. The van der Waals surface area contributed by atoms with Gasteiger partial charge in [0.25, 0.3) is 0 Å². The Labute approximate surface area is 129 Å². The van der Waals surface area contributed by atoms with E-state index in [1.807, 2.05) is 0 Å². The predicted octanol–water partition coefficient (Wildman–Crippen LogP) is 4.41. The average molecular weight is 403 g/mol. The minimum atomic E-state index is -0.720. The van der Waals surface area contributed by atoms with E-state index in [4.69, 9.17) is 5.73 Å². The molecule has 7 heteroatoms. The first-order valence-electron chi connectivity index (χ1n) is 5.56. The summed E-state index contributed by atoms with van der Waals surface area (Å²) in [6, 6.07) is 7.58. The molecule has 1 heterocycles. The maximum atomic E-state index is 14.1. The van der Waals surface area contributed by atoms with Crippen LogP contribution in [0.2, 0.25) is 0 Å². The van der Waals surface area contributed by atoms with Crippen LogP contribution in [-0.4, -0.2) is 9.55 Å². The number of fused-ring (bicyclic) bond motifs is 1. The standard InChI is InChI=1S/C13H7Br2F2N3/c14-6-1-2-10-11(5-6)20(13(18)19-10)12-8(16)3-7(15)4-9(12)17/h1-5H,(H2,18,19). The monoisotopic (exact) mass is 401 g/mol. The Morgan fingerprint density at radius 3 is 2.30 bits per heavy atom. The molecular formula is C13H7Br2F2N3. The molecule has 3 nitrogen and oxygen atoms in total. The number of imidazole rings is 1. The molecule has 0 aliphatic rings. The Balaban J connectivity index is 2.40. The van der Waals surface area contributed by atoms with E-state index < -0.39 is 11.6 Å². The number of halogens is 4. The van der Waals surface area contributed by atoms with Crippen molar-refractivity contribution in [1.82, 2.24) is 9.55 Å². The zero-order valence-corrected chi connectivity index (χ0v) is 13.0. The molecule has 0 saturated carbocycles. The number of anilines is 1. The molecule has 2 aromatic carbocycles. The summed E-state index contributed by atoms with van der Waals surface area (Å²) in [7, 11) is 0. The minimum Gasteiger partial charge on any atom is -0.369 e. The molecule has 102 valence electrons. The van der Waals surface area contributed by atoms with Crippen molar-refractivity contribution < 1.29 is 8.78 Å². The van der Waals surface area contributed by atoms with Crippen molar-refractivity contribution in [3.8, 4) is 5.69 Å². The normalized spacial score (nSPS) is 11.2. The van der Waals surface area contributed by atoms with E-state index in [2.05, 4.69) is 36.8 Å². The topological polar surface area (TPSA) is 43.8 Å². The fraction of sp³-hybridized carbons (Fsp3) is 0. The number of aromatic nitrogens is 2. The summed E-state index contributed by atoms with van der Waals surface area (Å²) >= 11 is 6.37. The summed E-state index contributed by atoms with van der Waals surface area (Å²) in [6.45, 7) is 0. The maximum Gasteiger partial charge on any atom is 0.206 e. The largest absolute Gasteiger partial charge is 0.369 e. The summed E-state index contributed by atoms with van der Waals surface area (Å²) in [5.74, 6) is -1.41. The average Bonchev–Trinajstić information content (AvgIpc) is 2.65. The van der Waals surface area contributed by atoms with Crippen LogP contribution in [0.25, 0.3) is 16.7 Å². The number of hydrogen-bond acceptors (Lipinski definition) is 2. The van der Waals surface area contributed by atoms with Gasteiger partial charge < -0.3 is 5.73 Å². The third-order valence-corrected chi connectivity index (χ3v) is 3.80. The second-order valence-corrected chi connectivity index (χ2v) is 5.99. The first-order valence-corrected chi connectivity index (χ1v) is 7.14. The summed E-state index contributed by atoms with van der Waals surface area (Å²) in [5.41, 5.74) is 6.65. The smallest absolute Gasteiger partial charge is 0.206 e. The molecule has 0 unspecified atom stereocenters. The van der Waals surface area contributed by atoms with Gasteiger partial charge in [0.1, 0.15) is 5.69 Å². The van der Waals surface area contributed by atoms with Gasteiger partial charge in [-0.3, -0.25) is 4.57 Å². The minimum absolute atomic E-state index is 0.0261. The van der Waals surface area contributed by atoms with E-state index in [1.54, 1.807) is 18.2 Å². The SMILES string of the molecule is Nc1nc2ccc(Br)cc2n1-c1c(F)cc(Br)cc1F. The number of nitrogen functional groups attached to an aromatic ring is 1. The summed E-state index contributed by atoms with van der Waals surface area (Å²) in [4.78, 5) is 4.11. The Morgan fingerprint density at radius 2 is 1.65 bits per heavy atom. The van der Waals surface area contributed by atoms with Crippen molar-refractivity contribution in [2.45, 2.75) is 0 Å². The van der Waals surface area contributed by atoms with E-state index in [9.17, 15) is 8.78 Å². The number of benzene rings is 2. The molecule has 0 amide bonds. The van der Waals surface area contributed by atoms with Crippen LogP contribution in [0.15, 0.2) is 39.3 Å². The van der Waals surface area contributed by atoms with Crippen LogP contribution < -0.4 is 5.73 Å². The van der Waals surface area contributed by atoms with Gasteiger partial charge in [0.2, 0.25) is 5.95 Å². The molecule has 0 bridgehead atoms. The van der Waals surface area contributed by atoms with Crippen molar-refractivity contribution in [2.75, 3.05) is 5.73 Å². The van der Waals surface area contributed by atoms with Crippen LogP contribution in [0.3, 0.4) is 0 Å². The number of nitrogens with zero attached hydrogens (tertiary/aromatic N) is 2. The van der Waals surface area contributed by atoms with Crippen LogP contribution in [0, 0.1) is 11.6 Å². The van der Waals surface area contributed by atoms with Gasteiger partial charge in [-0.2, -0.15) is 0 Å². The molecule has 0 radical (unpaired) electrons. The number of hydrogen-bond donors (Lipinski definition) is 1. The molecule has 3 rings (SSSR count). The molecule has 0 saturated heterocycles. The van der Waals surface area contributed by atoms with Gasteiger partial charge in [0, 0.05) is 8.95 Å². The number of rotatable bonds is 1. The zero-order chi connectivity index (χ0) is 14.4. The van der Waals surface area contributed by atoms with E-state index in [1.165, 1.54) is 16.7 Å². The molecule has 2 N–H and O–H groups in total. The quantitative estimate of drug-likeness (QED) is 0.655. The second-order valence-electron chi connectivity index (χ2n) is 4.16. The van der Waals surface area contributed by atoms with Crippen LogP contribution in [0.1, 0.15) is 0 Å². The Morgan fingerprint density at radius 1 is 1.00 bits per heavy atom. The third kappa shape index (κ3) is 2.10. The summed E-state index contributed by atoms with van der Waals surface area (Å²) in [5, 5.41) is 0. The molecule has 0 spiro atoms. The van der Waals surface area contributed by atoms with Crippen molar-refractivity contribution in [1.29, 1.82) is 0 Å². The van der Waals surface area contributed by atoms with Crippen LogP contribution in [0.4, 0.5) is 14.7 Å². The van der Waals surface area contributed by atoms with Crippen molar-refractivity contribution in [3.63, 3.8) is 0 Å². The molecule has 0 aliphatic carbocycles. The Hall–Kier alpha value is -1.47. The van der Waals surface area contributed by atoms with E-state index in [0.717, 1.165) is 4.47 Å². The highest BCUT2D eigenvalue weighted by atomic mass is 79.9. The van der Waals surface area contributed by atoms with E-state index >= 15 is 0 Å². The fourth-order valence-electron chi connectivity index (χ4n) is 2.05. The van der Waals surface area contributed by atoms with E-state index in [0.29, 0.717) is 15.5 Å². The maximum absolute atomic E-state index is 14.1. The van der Waals surface area contributed by atoms with Gasteiger partial charge >= 0.3 is 0 Å². The van der Waals surface area contributed by atoms with Crippen molar-refractivity contribution in [2.24, 2.45) is 0 Å². The molecule has 0 atom stereocenters. The van der Waals surface area contributed by atoms with Gasteiger partial charge in [-0.25, -0.2) is 13.8 Å². The lowest BCUT2D eigenvalue weighted by atomic mass is 10.2.